The van der Waals surface area contributed by atoms with Gasteiger partial charge < -0.3 is 9.97 Å². The highest BCUT2D eigenvalue weighted by atomic mass is 35.6. The fourth-order valence-electron chi connectivity index (χ4n) is 8.17. The third-order valence-electron chi connectivity index (χ3n) is 10.1. The summed E-state index contributed by atoms with van der Waals surface area (Å²) in [4.78, 5) is 19.0. The minimum Gasteiger partial charge on any atom is -0.355 e. The van der Waals surface area contributed by atoms with E-state index in [9.17, 15) is 0 Å². The van der Waals surface area contributed by atoms with Gasteiger partial charge in [0.15, 0.2) is 0 Å². The summed E-state index contributed by atoms with van der Waals surface area (Å²) in [5, 5.41) is 0. The molecule has 50 heavy (non-hydrogen) atoms. The van der Waals surface area contributed by atoms with Crippen LogP contribution in [-0.2, 0) is 25.7 Å². The molecule has 2 radical (unpaired) electrons. The zero-order valence-electron chi connectivity index (χ0n) is 32.5. The molecule has 0 unspecified atom stereocenters. The van der Waals surface area contributed by atoms with Crippen molar-refractivity contribution < 1.29 is 0 Å². The molecule has 2 aliphatic rings. The van der Waals surface area contributed by atoms with Crippen molar-refractivity contribution >= 4 is 69.8 Å². The Kier molecular flexibility index (Phi) is 16.0. The molecule has 268 valence electrons. The molecule has 0 aromatic carbocycles. The Morgan fingerprint density at radius 2 is 0.580 bits per heavy atom. The van der Waals surface area contributed by atoms with Gasteiger partial charge in [-0.2, -0.15) is 0 Å². The molecule has 0 amide bonds. The molecular weight excluding hydrogens is 647 g/mol. The Labute approximate surface area is 315 Å². The van der Waals surface area contributed by atoms with Gasteiger partial charge in [0.25, 0.3) is 15.4 Å². The molecule has 2 aliphatic heterocycles. The Morgan fingerprint density at radius 1 is 0.380 bits per heavy atom. The second-order valence-electron chi connectivity index (χ2n) is 14.1. The van der Waals surface area contributed by atoms with Gasteiger partial charge in [0.2, 0.25) is 0 Å². The van der Waals surface area contributed by atoms with E-state index >= 15 is 0 Å². The summed E-state index contributed by atoms with van der Waals surface area (Å²) in [6.07, 6.45) is 17.4. The molecule has 5 heterocycles. The molecule has 5 rings (SSSR count). The lowest BCUT2D eigenvalue weighted by molar-refractivity contribution is 0.877. The second kappa shape index (κ2) is 19.9. The summed E-state index contributed by atoms with van der Waals surface area (Å²) < 4.78 is 0. The van der Waals surface area contributed by atoms with E-state index in [0.717, 1.165) is 126 Å². The van der Waals surface area contributed by atoms with Gasteiger partial charge >= 0.3 is 0 Å². The zero-order valence-corrected chi connectivity index (χ0v) is 34.4. The molecule has 0 saturated heterocycles. The van der Waals surface area contributed by atoms with Gasteiger partial charge in [-0.25, -0.2) is 9.97 Å². The maximum absolute atomic E-state index is 5.50. The van der Waals surface area contributed by atoms with Crippen LogP contribution >= 0.6 is 10.0 Å². The second-order valence-corrected chi connectivity index (χ2v) is 14.1. The molecular formula is C44H62AlClN4. The molecule has 0 saturated carbocycles. The number of hydrogen-bond donors (Lipinski definition) is 2. The van der Waals surface area contributed by atoms with Crippen LogP contribution in [0.3, 0.4) is 0 Å². The van der Waals surface area contributed by atoms with Crippen LogP contribution in [0.5, 0.6) is 0 Å². The van der Waals surface area contributed by atoms with Crippen LogP contribution < -0.4 is 0 Å². The zero-order chi connectivity index (χ0) is 36.2. The van der Waals surface area contributed by atoms with E-state index in [1.54, 1.807) is 0 Å². The maximum Gasteiger partial charge on any atom is 0.293 e. The van der Waals surface area contributed by atoms with Gasteiger partial charge in [0.05, 0.1) is 22.8 Å². The highest BCUT2D eigenvalue weighted by molar-refractivity contribution is 6.80. The fraction of sp³-hybridized carbons (Fsp3) is 0.545. The van der Waals surface area contributed by atoms with Gasteiger partial charge in [0, 0.05) is 22.1 Å². The summed E-state index contributed by atoms with van der Waals surface area (Å²) >= 11 is 1.89. The van der Waals surface area contributed by atoms with Crippen molar-refractivity contribution in [1.29, 1.82) is 0 Å². The SMILES string of the molecule is CCCC1=C(CCC)c2cc3[nH]c(cc4nc(cc5[nH]c(cc1n2)c(CCC)c5CCC)C(CCC)=C4CCC)c(CCC)c3CCC.[Al][Cl]. The van der Waals surface area contributed by atoms with Crippen molar-refractivity contribution in [3.05, 3.63) is 69.3 Å². The van der Waals surface area contributed by atoms with E-state index in [2.05, 4.69) is 99.7 Å². The number of nitrogens with zero attached hydrogens (tertiary/aromatic N) is 2. The summed E-state index contributed by atoms with van der Waals surface area (Å²) in [7, 11) is 4.56. The molecule has 3 aromatic rings. The molecule has 4 nitrogen and oxygen atoms in total. The van der Waals surface area contributed by atoms with Crippen molar-refractivity contribution in [3.63, 3.8) is 0 Å². The first kappa shape index (κ1) is 40.2. The highest BCUT2D eigenvalue weighted by Gasteiger charge is 2.23. The Balaban J connectivity index is 0.00000276. The average Bonchev–Trinajstić information content (AvgIpc) is 3.80. The first-order valence-electron chi connectivity index (χ1n) is 19.9. The van der Waals surface area contributed by atoms with Crippen molar-refractivity contribution in [2.45, 2.75) is 158 Å². The number of hydrogen-bond acceptors (Lipinski definition) is 2. The lowest BCUT2D eigenvalue weighted by Gasteiger charge is -2.07. The van der Waals surface area contributed by atoms with Gasteiger partial charge in [-0.1, -0.05) is 107 Å². The molecule has 8 bridgehead atoms. The number of aromatic amines is 2. The lowest BCUT2D eigenvalue weighted by Crippen LogP contribution is -1.91. The van der Waals surface area contributed by atoms with Crippen LogP contribution in [0.15, 0.2) is 24.3 Å². The molecule has 0 atom stereocenters. The number of rotatable bonds is 16. The number of fused-ring (bicyclic) bond motifs is 8. The lowest BCUT2D eigenvalue weighted by atomic mass is 9.95. The summed E-state index contributed by atoms with van der Waals surface area (Å²) in [6.45, 7) is 18.5. The number of aromatic nitrogens is 4. The largest absolute Gasteiger partial charge is 0.355 e. The predicted octanol–water partition coefficient (Wildman–Crippen LogP) is 13.5. The van der Waals surface area contributed by atoms with E-state index in [1.807, 2.05) is 15.4 Å². The first-order chi connectivity index (χ1) is 24.5. The van der Waals surface area contributed by atoms with E-state index in [-0.39, 0.29) is 0 Å². The maximum atomic E-state index is 5.50. The first-order valence-corrected chi connectivity index (χ1v) is 21.7. The van der Waals surface area contributed by atoms with Crippen molar-refractivity contribution in [2.75, 3.05) is 0 Å². The molecule has 0 spiro atoms. The number of allylic oxidation sites excluding steroid dienone is 4. The van der Waals surface area contributed by atoms with Crippen molar-refractivity contribution in [3.8, 4) is 0 Å². The summed E-state index contributed by atoms with van der Waals surface area (Å²) in [5.74, 6) is 0. The molecule has 6 heteroatoms. The Hall–Kier alpha value is -2.58. The standard InChI is InChI=1S/C44H62N4.Al.ClH/c1-9-17-29-30(18-10-2)38-26-40-33(21-13-5)34(22-14-6)42(47-40)28-44-36(24-16-8)35(23-15-7)43(48-44)27-41-32(20-12-4)31(19-11-3)39(46-41)25-37(29)45-38;;/h25-28,45,48H,9-24H2,1-8H3;;1H/q;+1;/p-1. The van der Waals surface area contributed by atoms with E-state index in [0.29, 0.717) is 0 Å². The summed E-state index contributed by atoms with van der Waals surface area (Å²) in [6, 6.07) is 9.60. The predicted molar refractivity (Wildman–Crippen MR) is 222 cm³/mol. The van der Waals surface area contributed by atoms with Crippen LogP contribution in [0.25, 0.3) is 44.4 Å². The van der Waals surface area contributed by atoms with Gasteiger partial charge in [0.1, 0.15) is 0 Å². The molecule has 2 N–H and O–H groups in total. The van der Waals surface area contributed by atoms with Crippen LogP contribution in [0, 0.1) is 0 Å². The summed E-state index contributed by atoms with van der Waals surface area (Å²) in [5.41, 5.74) is 21.2. The van der Waals surface area contributed by atoms with E-state index in [1.165, 1.54) is 66.6 Å². The normalized spacial score (nSPS) is 12.9. The third-order valence-corrected chi connectivity index (χ3v) is 10.1. The number of aryl methyl sites for hydroxylation is 4. The van der Waals surface area contributed by atoms with E-state index < -0.39 is 0 Å². The number of nitrogens with one attached hydrogen (secondary N) is 2. The highest BCUT2D eigenvalue weighted by Crippen LogP contribution is 2.40. The molecule has 0 aliphatic carbocycles. The number of halogens is 1. The number of H-pyrrole nitrogens is 2. The molecule has 3 aromatic heterocycles. The van der Waals surface area contributed by atoms with Crippen LogP contribution in [0.1, 0.15) is 177 Å². The average molecular weight is 709 g/mol. The van der Waals surface area contributed by atoms with Crippen LogP contribution in [0.2, 0.25) is 0 Å². The Morgan fingerprint density at radius 3 is 0.760 bits per heavy atom. The van der Waals surface area contributed by atoms with E-state index in [4.69, 9.17) is 9.97 Å². The topological polar surface area (TPSA) is 57.4 Å². The van der Waals surface area contributed by atoms with Gasteiger partial charge in [-0.3, -0.25) is 10.0 Å². The quantitative estimate of drug-likeness (QED) is 0.146. The van der Waals surface area contributed by atoms with Crippen molar-refractivity contribution in [1.82, 2.24) is 19.9 Å². The monoisotopic (exact) mass is 708 g/mol. The van der Waals surface area contributed by atoms with Crippen LogP contribution in [0.4, 0.5) is 0 Å². The fourth-order valence-corrected chi connectivity index (χ4v) is 8.17. The smallest absolute Gasteiger partial charge is 0.293 e. The third kappa shape index (κ3) is 8.71. The van der Waals surface area contributed by atoms with Crippen molar-refractivity contribution in [2.24, 2.45) is 0 Å². The Bertz CT molecular complexity index is 1570. The van der Waals surface area contributed by atoms with Crippen LogP contribution in [-0.4, -0.2) is 35.3 Å². The minimum atomic E-state index is 1.06. The van der Waals surface area contributed by atoms with Gasteiger partial charge in [-0.15, -0.1) is 0 Å². The van der Waals surface area contributed by atoms with Gasteiger partial charge in [-0.05, 0) is 120 Å². The molecule has 0 fully saturated rings. The minimum absolute atomic E-state index is 1.06.